The van der Waals surface area contributed by atoms with Crippen molar-refractivity contribution in [2.24, 2.45) is 5.73 Å². The first-order valence-corrected chi connectivity index (χ1v) is 13.9. The molecule has 0 spiro atoms. The third-order valence-corrected chi connectivity index (χ3v) is 8.27. The number of primary amides is 1. The summed E-state index contributed by atoms with van der Waals surface area (Å²) in [5, 5.41) is 9.38. The summed E-state index contributed by atoms with van der Waals surface area (Å²) in [4.78, 5) is 24.4. The summed E-state index contributed by atoms with van der Waals surface area (Å²) >= 11 is 1.44. The van der Waals surface area contributed by atoms with E-state index in [1.807, 2.05) is 18.2 Å². The molecule has 6 rings (SSSR count). The fourth-order valence-electron chi connectivity index (χ4n) is 4.91. The fraction of sp³-hybridized carbons (Fsp3) is 0.310. The molecule has 2 aromatic heterocycles. The van der Waals surface area contributed by atoms with Crippen LogP contribution in [0.4, 0.5) is 4.39 Å². The lowest BCUT2D eigenvalue weighted by Gasteiger charge is -2.29. The summed E-state index contributed by atoms with van der Waals surface area (Å²) < 4.78 is 27.7. The predicted octanol–water partition coefficient (Wildman–Crippen LogP) is 4.26. The van der Waals surface area contributed by atoms with Crippen LogP contribution in [0.3, 0.4) is 0 Å². The predicted molar refractivity (Wildman–Crippen MR) is 148 cm³/mol. The Morgan fingerprint density at radius 2 is 2.17 bits per heavy atom. The third-order valence-electron chi connectivity index (χ3n) is 7.28. The summed E-state index contributed by atoms with van der Waals surface area (Å²) in [7, 11) is 0. The molecule has 0 bridgehead atoms. The van der Waals surface area contributed by atoms with Gasteiger partial charge in [0.15, 0.2) is 0 Å². The van der Waals surface area contributed by atoms with Gasteiger partial charge in [0.25, 0.3) is 5.19 Å². The first kappa shape index (κ1) is 26.1. The Kier molecular flexibility index (Phi) is 7.30. The minimum absolute atomic E-state index is 0.0468. The van der Waals surface area contributed by atoms with Crippen LogP contribution in [0, 0.1) is 17.1 Å². The summed E-state index contributed by atoms with van der Waals surface area (Å²) in [5.41, 5.74) is 9.59. The Labute approximate surface area is 234 Å². The number of hydrogen-bond acceptors (Lipinski definition) is 8. The second-order valence-corrected chi connectivity index (χ2v) is 10.9. The number of nitrogens with zero attached hydrogens (tertiary/aromatic N) is 5. The largest absolute Gasteiger partial charge is 0.465 e. The molecule has 1 atom stereocenters. The number of aromatic nitrogens is 3. The van der Waals surface area contributed by atoms with Gasteiger partial charge < -0.3 is 19.8 Å². The normalized spacial score (nSPS) is 17.3. The van der Waals surface area contributed by atoms with Gasteiger partial charge in [-0.1, -0.05) is 23.5 Å². The molecule has 0 unspecified atom stereocenters. The number of ether oxygens (including phenoxy) is 2. The molecule has 1 amide bonds. The number of benzene rings is 2. The molecule has 4 heterocycles. The number of amides is 1. The number of fused-ring (bicyclic) bond motifs is 1. The van der Waals surface area contributed by atoms with Crippen molar-refractivity contribution < 1.29 is 18.7 Å². The standard InChI is InChI=1S/C29H27FN6O3S/c30-23-11-18(13-31)1-2-21(23)17-39-29-33-14-26(40-29)19-5-8-35(9-6-19)16-27-34-24-4-3-20(28(32)37)12-25(24)36(27)15-22-7-10-38-22/h1-5,11-12,14,22H,6-10,15-17H2,(H2,32,37)/t22-/m0/s1. The highest BCUT2D eigenvalue weighted by molar-refractivity contribution is 7.14. The monoisotopic (exact) mass is 558 g/mol. The Hall–Kier alpha value is -4.11. The van der Waals surface area contributed by atoms with E-state index in [-0.39, 0.29) is 18.3 Å². The van der Waals surface area contributed by atoms with E-state index in [1.54, 1.807) is 24.4 Å². The van der Waals surface area contributed by atoms with Crippen molar-refractivity contribution in [2.45, 2.75) is 38.6 Å². The molecule has 2 aliphatic heterocycles. The Morgan fingerprint density at radius 1 is 1.30 bits per heavy atom. The van der Waals surface area contributed by atoms with E-state index in [4.69, 9.17) is 25.5 Å². The summed E-state index contributed by atoms with van der Waals surface area (Å²) in [6.45, 7) is 3.80. The summed E-state index contributed by atoms with van der Waals surface area (Å²) in [6.07, 6.45) is 6.01. The van der Waals surface area contributed by atoms with Crippen molar-refractivity contribution in [3.05, 3.63) is 81.9 Å². The zero-order valence-corrected chi connectivity index (χ0v) is 22.5. The first-order chi connectivity index (χ1) is 19.5. The van der Waals surface area contributed by atoms with Crippen LogP contribution in [0.15, 0.2) is 48.7 Å². The minimum Gasteiger partial charge on any atom is -0.465 e. The van der Waals surface area contributed by atoms with Gasteiger partial charge in [-0.15, -0.1) is 0 Å². The van der Waals surface area contributed by atoms with E-state index < -0.39 is 11.7 Å². The van der Waals surface area contributed by atoms with E-state index in [0.717, 1.165) is 54.3 Å². The van der Waals surface area contributed by atoms with Gasteiger partial charge in [-0.3, -0.25) is 9.69 Å². The zero-order valence-electron chi connectivity index (χ0n) is 21.7. The maximum atomic E-state index is 14.2. The number of rotatable bonds is 9. The fourth-order valence-corrected chi connectivity index (χ4v) is 5.74. The quantitative estimate of drug-likeness (QED) is 0.326. The van der Waals surface area contributed by atoms with Gasteiger partial charge >= 0.3 is 0 Å². The molecular weight excluding hydrogens is 531 g/mol. The minimum atomic E-state index is -0.465. The number of carbonyl (C=O) groups is 1. The second kappa shape index (κ2) is 11.2. The lowest BCUT2D eigenvalue weighted by molar-refractivity contribution is -0.0591. The Morgan fingerprint density at radius 3 is 2.88 bits per heavy atom. The smallest absolute Gasteiger partial charge is 0.274 e. The van der Waals surface area contributed by atoms with Crippen LogP contribution < -0.4 is 10.5 Å². The van der Waals surface area contributed by atoms with Gasteiger partial charge in [0.2, 0.25) is 5.91 Å². The molecule has 0 aliphatic carbocycles. The molecule has 1 saturated heterocycles. The number of nitriles is 1. The molecule has 4 aromatic rings. The molecule has 2 aliphatic rings. The van der Waals surface area contributed by atoms with Crippen molar-refractivity contribution in [1.29, 1.82) is 5.26 Å². The average molecular weight is 559 g/mol. The van der Waals surface area contributed by atoms with E-state index in [2.05, 4.69) is 20.5 Å². The molecular formula is C29H27FN6O3S. The van der Waals surface area contributed by atoms with Gasteiger partial charge in [0, 0.05) is 37.0 Å². The van der Waals surface area contributed by atoms with Crippen LogP contribution in [0.2, 0.25) is 0 Å². The Bertz CT molecular complexity index is 1650. The van der Waals surface area contributed by atoms with E-state index >= 15 is 0 Å². The molecule has 9 nitrogen and oxygen atoms in total. The molecule has 204 valence electrons. The molecule has 11 heteroatoms. The highest BCUT2D eigenvalue weighted by Crippen LogP contribution is 2.32. The van der Waals surface area contributed by atoms with Crippen molar-refractivity contribution in [3.8, 4) is 11.3 Å². The number of thiazole rings is 1. The van der Waals surface area contributed by atoms with Crippen molar-refractivity contribution in [2.75, 3.05) is 19.7 Å². The van der Waals surface area contributed by atoms with Crippen LogP contribution in [0.5, 0.6) is 5.19 Å². The average Bonchev–Trinajstić information content (AvgIpc) is 3.54. The molecule has 2 aromatic carbocycles. The SMILES string of the molecule is N#Cc1ccc(COc2ncc(C3=CCN(Cc4nc5ccc(C(N)=O)cc5n4C[C@@H]4CCO4)CC3)s2)c(F)c1. The van der Waals surface area contributed by atoms with Gasteiger partial charge in [-0.05, 0) is 48.7 Å². The van der Waals surface area contributed by atoms with E-state index in [9.17, 15) is 9.18 Å². The van der Waals surface area contributed by atoms with Gasteiger partial charge in [-0.25, -0.2) is 14.4 Å². The second-order valence-electron chi connectivity index (χ2n) is 9.90. The van der Waals surface area contributed by atoms with Gasteiger partial charge in [0.05, 0.1) is 46.7 Å². The van der Waals surface area contributed by atoms with Crippen LogP contribution in [-0.4, -0.2) is 51.1 Å². The first-order valence-electron chi connectivity index (χ1n) is 13.1. The van der Waals surface area contributed by atoms with Crippen molar-refractivity contribution in [1.82, 2.24) is 19.4 Å². The number of nitrogens with two attached hydrogens (primary N) is 1. The molecule has 1 fully saturated rings. The lowest BCUT2D eigenvalue weighted by atomic mass is 10.1. The molecule has 40 heavy (non-hydrogen) atoms. The van der Waals surface area contributed by atoms with E-state index in [0.29, 0.717) is 29.4 Å². The number of carbonyl (C=O) groups excluding carboxylic acids is 1. The van der Waals surface area contributed by atoms with E-state index in [1.165, 1.54) is 23.0 Å². The summed E-state index contributed by atoms with van der Waals surface area (Å²) in [6, 6.07) is 11.7. The van der Waals surface area contributed by atoms with Gasteiger partial charge in [0.1, 0.15) is 18.2 Å². The highest BCUT2D eigenvalue weighted by Gasteiger charge is 2.24. The van der Waals surface area contributed by atoms with Crippen molar-refractivity contribution in [3.63, 3.8) is 0 Å². The maximum absolute atomic E-state index is 14.2. The van der Waals surface area contributed by atoms with Crippen LogP contribution >= 0.6 is 11.3 Å². The number of hydrogen-bond donors (Lipinski definition) is 1. The van der Waals surface area contributed by atoms with Crippen LogP contribution in [0.1, 0.15) is 45.0 Å². The molecule has 2 N–H and O–H groups in total. The Balaban J connectivity index is 1.12. The summed E-state index contributed by atoms with van der Waals surface area (Å²) in [5.74, 6) is 0.0169. The lowest BCUT2D eigenvalue weighted by Crippen LogP contribution is -2.33. The number of halogens is 1. The van der Waals surface area contributed by atoms with Crippen LogP contribution in [0.25, 0.3) is 16.6 Å². The van der Waals surface area contributed by atoms with Crippen LogP contribution in [-0.2, 0) is 24.4 Å². The maximum Gasteiger partial charge on any atom is 0.274 e. The third kappa shape index (κ3) is 5.47. The zero-order chi connectivity index (χ0) is 27.6. The topological polar surface area (TPSA) is 119 Å². The van der Waals surface area contributed by atoms with Gasteiger partial charge in [-0.2, -0.15) is 5.26 Å². The van der Waals surface area contributed by atoms with Crippen molar-refractivity contribution >= 4 is 33.9 Å². The molecule has 0 saturated carbocycles. The molecule has 0 radical (unpaired) electrons. The highest BCUT2D eigenvalue weighted by atomic mass is 32.1. The number of imidazole rings is 1.